The molecule has 35 heavy (non-hydrogen) atoms. The predicted octanol–water partition coefficient (Wildman–Crippen LogP) is 4.35. The van der Waals surface area contributed by atoms with Gasteiger partial charge in [0, 0.05) is 17.1 Å². The maximum Gasteiger partial charge on any atom is 0.337 e. The molecule has 1 atom stereocenters. The highest BCUT2D eigenvalue weighted by atomic mass is 16.5. The number of rotatable bonds is 9. The summed E-state index contributed by atoms with van der Waals surface area (Å²) in [5, 5.41) is 14.0. The number of aromatic nitrogens is 1. The van der Waals surface area contributed by atoms with Crippen LogP contribution >= 0.6 is 0 Å². The Morgan fingerprint density at radius 2 is 1.83 bits per heavy atom. The zero-order valence-corrected chi connectivity index (χ0v) is 19.7. The van der Waals surface area contributed by atoms with Crippen LogP contribution in [0, 0.1) is 0 Å². The normalized spacial score (nSPS) is 11.7. The van der Waals surface area contributed by atoms with Gasteiger partial charge in [0.25, 0.3) is 5.91 Å². The zero-order chi connectivity index (χ0) is 24.8. The van der Waals surface area contributed by atoms with Crippen molar-refractivity contribution >= 4 is 22.8 Å². The SMILES string of the molecule is CCOc1ccc(-c2cccc(C(=O)OC)c2)cc1C(=O)N[C@@H](CO)Cc1c[nH]c2ccccc12. The number of hydrogen-bond acceptors (Lipinski definition) is 5. The van der Waals surface area contributed by atoms with Crippen molar-refractivity contribution in [2.45, 2.75) is 19.4 Å². The van der Waals surface area contributed by atoms with E-state index in [0.717, 1.165) is 27.6 Å². The number of esters is 1. The van der Waals surface area contributed by atoms with Gasteiger partial charge in [0.2, 0.25) is 0 Å². The lowest BCUT2D eigenvalue weighted by atomic mass is 9.99. The van der Waals surface area contributed by atoms with Gasteiger partial charge in [-0.15, -0.1) is 0 Å². The first kappa shape index (κ1) is 24.0. The van der Waals surface area contributed by atoms with Crippen LogP contribution in [0.15, 0.2) is 72.9 Å². The summed E-state index contributed by atoms with van der Waals surface area (Å²) in [4.78, 5) is 28.5. The molecule has 0 fully saturated rings. The molecule has 4 rings (SSSR count). The van der Waals surface area contributed by atoms with Crippen LogP contribution in [-0.2, 0) is 11.2 Å². The van der Waals surface area contributed by atoms with E-state index in [0.29, 0.717) is 29.9 Å². The van der Waals surface area contributed by atoms with Crippen molar-refractivity contribution in [2.75, 3.05) is 20.3 Å². The Balaban J connectivity index is 1.60. The highest BCUT2D eigenvalue weighted by molar-refractivity contribution is 5.99. The molecule has 3 aromatic carbocycles. The number of aromatic amines is 1. The number of nitrogens with one attached hydrogen (secondary N) is 2. The van der Waals surface area contributed by atoms with Gasteiger partial charge in [-0.3, -0.25) is 4.79 Å². The van der Waals surface area contributed by atoms with Gasteiger partial charge >= 0.3 is 5.97 Å². The summed E-state index contributed by atoms with van der Waals surface area (Å²) in [5.41, 5.74) is 4.31. The first-order valence-corrected chi connectivity index (χ1v) is 11.5. The van der Waals surface area contributed by atoms with Crippen LogP contribution in [0.5, 0.6) is 5.75 Å². The van der Waals surface area contributed by atoms with E-state index in [-0.39, 0.29) is 12.5 Å². The molecule has 0 bridgehead atoms. The van der Waals surface area contributed by atoms with E-state index in [9.17, 15) is 14.7 Å². The van der Waals surface area contributed by atoms with Gasteiger partial charge in [-0.1, -0.05) is 36.4 Å². The fourth-order valence-electron chi connectivity index (χ4n) is 4.10. The largest absolute Gasteiger partial charge is 0.493 e. The van der Waals surface area contributed by atoms with Crippen LogP contribution in [0.4, 0.5) is 0 Å². The van der Waals surface area contributed by atoms with Crippen LogP contribution in [0.25, 0.3) is 22.0 Å². The molecule has 0 aliphatic carbocycles. The zero-order valence-electron chi connectivity index (χ0n) is 19.7. The molecule has 1 aromatic heterocycles. The Bertz CT molecular complexity index is 1340. The number of fused-ring (bicyclic) bond motifs is 1. The first-order valence-electron chi connectivity index (χ1n) is 11.5. The molecule has 4 aromatic rings. The van der Waals surface area contributed by atoms with E-state index in [1.54, 1.807) is 30.3 Å². The molecule has 1 heterocycles. The maximum absolute atomic E-state index is 13.3. The number of carbonyl (C=O) groups is 2. The lowest BCUT2D eigenvalue weighted by Gasteiger charge is -2.18. The number of aliphatic hydroxyl groups is 1. The van der Waals surface area contributed by atoms with Crippen LogP contribution in [0.1, 0.15) is 33.2 Å². The molecule has 0 unspecified atom stereocenters. The number of para-hydroxylation sites is 1. The number of benzene rings is 3. The van der Waals surface area contributed by atoms with Crippen molar-refractivity contribution in [3.8, 4) is 16.9 Å². The fraction of sp³-hybridized carbons (Fsp3) is 0.214. The average Bonchev–Trinajstić information content (AvgIpc) is 3.30. The Morgan fingerprint density at radius 1 is 1.03 bits per heavy atom. The van der Waals surface area contributed by atoms with E-state index >= 15 is 0 Å². The van der Waals surface area contributed by atoms with E-state index in [1.165, 1.54) is 7.11 Å². The lowest BCUT2D eigenvalue weighted by molar-refractivity contribution is 0.0600. The second-order valence-electron chi connectivity index (χ2n) is 8.13. The van der Waals surface area contributed by atoms with E-state index < -0.39 is 12.0 Å². The van der Waals surface area contributed by atoms with Crippen molar-refractivity contribution in [3.05, 3.63) is 89.6 Å². The number of hydrogen-bond donors (Lipinski definition) is 3. The van der Waals surface area contributed by atoms with Gasteiger partial charge in [0.15, 0.2) is 0 Å². The Labute approximate surface area is 203 Å². The monoisotopic (exact) mass is 472 g/mol. The number of carbonyl (C=O) groups excluding carboxylic acids is 2. The second-order valence-corrected chi connectivity index (χ2v) is 8.13. The molecule has 0 aliphatic heterocycles. The first-order chi connectivity index (χ1) is 17.0. The van der Waals surface area contributed by atoms with E-state index in [4.69, 9.17) is 9.47 Å². The molecule has 0 aliphatic rings. The third-order valence-corrected chi connectivity index (χ3v) is 5.84. The van der Waals surface area contributed by atoms with Crippen LogP contribution < -0.4 is 10.1 Å². The van der Waals surface area contributed by atoms with Crippen molar-refractivity contribution in [1.82, 2.24) is 10.3 Å². The third-order valence-electron chi connectivity index (χ3n) is 5.84. The lowest BCUT2D eigenvalue weighted by Crippen LogP contribution is -2.39. The van der Waals surface area contributed by atoms with Gasteiger partial charge < -0.3 is 24.9 Å². The molecule has 0 radical (unpaired) electrons. The summed E-state index contributed by atoms with van der Waals surface area (Å²) in [5.74, 6) is -0.334. The highest BCUT2D eigenvalue weighted by Gasteiger charge is 2.20. The number of methoxy groups -OCH3 is 1. The fourth-order valence-corrected chi connectivity index (χ4v) is 4.10. The molecular weight excluding hydrogens is 444 g/mol. The Morgan fingerprint density at radius 3 is 2.60 bits per heavy atom. The maximum atomic E-state index is 13.3. The molecule has 7 heteroatoms. The minimum Gasteiger partial charge on any atom is -0.493 e. The summed E-state index contributed by atoms with van der Waals surface area (Å²) in [7, 11) is 1.34. The van der Waals surface area contributed by atoms with Gasteiger partial charge in [-0.25, -0.2) is 4.79 Å². The predicted molar refractivity (Wildman–Crippen MR) is 135 cm³/mol. The minimum atomic E-state index is -0.484. The summed E-state index contributed by atoms with van der Waals surface area (Å²) >= 11 is 0. The third kappa shape index (κ3) is 5.36. The smallest absolute Gasteiger partial charge is 0.337 e. The van der Waals surface area contributed by atoms with E-state index in [2.05, 4.69) is 10.3 Å². The van der Waals surface area contributed by atoms with Crippen molar-refractivity contribution in [2.24, 2.45) is 0 Å². The van der Waals surface area contributed by atoms with Crippen molar-refractivity contribution < 1.29 is 24.2 Å². The van der Waals surface area contributed by atoms with Crippen LogP contribution in [0.2, 0.25) is 0 Å². The summed E-state index contributed by atoms with van der Waals surface area (Å²) in [6, 6.07) is 19.8. The quantitative estimate of drug-likeness (QED) is 0.315. The summed E-state index contributed by atoms with van der Waals surface area (Å²) in [6.45, 7) is 2.04. The number of ether oxygens (including phenoxy) is 2. The summed E-state index contributed by atoms with van der Waals surface area (Å²) < 4.78 is 10.5. The minimum absolute atomic E-state index is 0.212. The average molecular weight is 473 g/mol. The number of amides is 1. The molecule has 1 amide bonds. The standard InChI is InChI=1S/C28H28N2O5/c1-3-35-26-12-11-19(18-7-6-8-20(13-18)28(33)34-2)15-24(26)27(32)30-22(17-31)14-21-16-29-25-10-5-4-9-23(21)25/h4-13,15-16,22,29,31H,3,14,17H2,1-2H3,(H,30,32)/t22-/m1/s1. The highest BCUT2D eigenvalue weighted by Crippen LogP contribution is 2.28. The molecule has 0 spiro atoms. The number of H-pyrrole nitrogens is 1. The Kier molecular flexibility index (Phi) is 7.48. The topological polar surface area (TPSA) is 101 Å². The van der Waals surface area contributed by atoms with Crippen LogP contribution in [0.3, 0.4) is 0 Å². The molecule has 7 nitrogen and oxygen atoms in total. The second kappa shape index (κ2) is 10.9. The molecule has 180 valence electrons. The van der Waals surface area contributed by atoms with Crippen molar-refractivity contribution in [1.29, 1.82) is 0 Å². The number of aliphatic hydroxyl groups excluding tert-OH is 1. The summed E-state index contributed by atoms with van der Waals surface area (Å²) in [6.07, 6.45) is 2.37. The van der Waals surface area contributed by atoms with Crippen molar-refractivity contribution in [3.63, 3.8) is 0 Å². The molecule has 0 saturated carbocycles. The van der Waals surface area contributed by atoms with Gasteiger partial charge in [0.05, 0.1) is 37.5 Å². The van der Waals surface area contributed by atoms with Crippen LogP contribution in [-0.4, -0.2) is 48.3 Å². The van der Waals surface area contributed by atoms with E-state index in [1.807, 2.05) is 49.5 Å². The van der Waals surface area contributed by atoms with Gasteiger partial charge in [-0.05, 0) is 60.4 Å². The van der Waals surface area contributed by atoms with Gasteiger partial charge in [-0.2, -0.15) is 0 Å². The Hall–Kier alpha value is -4.10. The van der Waals surface area contributed by atoms with Gasteiger partial charge in [0.1, 0.15) is 5.75 Å². The molecule has 3 N–H and O–H groups in total. The molecule has 0 saturated heterocycles. The molecular formula is C28H28N2O5.